The molecule has 0 radical (unpaired) electrons. The molecular formula is C9H20N2O2. The quantitative estimate of drug-likeness (QED) is 0.588. The number of nitrogens with one attached hydrogen (secondary N) is 1. The summed E-state index contributed by atoms with van der Waals surface area (Å²) in [4.78, 5) is 11.1. The van der Waals surface area contributed by atoms with E-state index in [0.29, 0.717) is 19.6 Å². The number of carbonyl (C=O) groups excluding carboxylic acids is 1. The average Bonchev–Trinajstić information content (AvgIpc) is 2.00. The molecule has 0 aliphatic heterocycles. The van der Waals surface area contributed by atoms with E-state index in [1.165, 1.54) is 0 Å². The molecule has 4 heteroatoms. The Morgan fingerprint density at radius 3 is 2.62 bits per heavy atom. The Kier molecular flexibility index (Phi) is 5.66. The molecule has 78 valence electrons. The lowest BCUT2D eigenvalue weighted by Crippen LogP contribution is -2.45. The lowest BCUT2D eigenvalue weighted by molar-refractivity contribution is -0.121. The van der Waals surface area contributed by atoms with Crippen LogP contribution >= 0.6 is 0 Å². The van der Waals surface area contributed by atoms with E-state index >= 15 is 0 Å². The Labute approximate surface area is 79.8 Å². The molecule has 4 nitrogen and oxygen atoms in total. The molecule has 0 fully saturated rings. The van der Waals surface area contributed by atoms with E-state index in [2.05, 4.69) is 5.32 Å². The van der Waals surface area contributed by atoms with Gasteiger partial charge in [-0.3, -0.25) is 4.79 Å². The van der Waals surface area contributed by atoms with Gasteiger partial charge >= 0.3 is 0 Å². The van der Waals surface area contributed by atoms with Gasteiger partial charge in [0.15, 0.2) is 0 Å². The molecule has 0 bridgehead atoms. The van der Waals surface area contributed by atoms with Gasteiger partial charge in [0.2, 0.25) is 5.91 Å². The summed E-state index contributed by atoms with van der Waals surface area (Å²) in [6.07, 6.45) is 1.26. The molecule has 3 N–H and O–H groups in total. The Bertz CT molecular complexity index is 152. The topological polar surface area (TPSA) is 64.3 Å². The number of amides is 1. The second kappa shape index (κ2) is 5.94. The second-order valence-corrected chi connectivity index (χ2v) is 3.86. The maximum Gasteiger partial charge on any atom is 0.220 e. The van der Waals surface area contributed by atoms with Crippen molar-refractivity contribution in [1.82, 2.24) is 5.32 Å². The van der Waals surface area contributed by atoms with Crippen LogP contribution in [-0.4, -0.2) is 31.7 Å². The Balaban J connectivity index is 3.41. The largest absolute Gasteiger partial charge is 0.385 e. The molecule has 0 unspecified atom stereocenters. The molecule has 0 atom stereocenters. The summed E-state index contributed by atoms with van der Waals surface area (Å²) < 4.78 is 4.83. The van der Waals surface area contributed by atoms with Crippen molar-refractivity contribution in [2.24, 2.45) is 5.73 Å². The first-order valence-electron chi connectivity index (χ1n) is 4.50. The first kappa shape index (κ1) is 12.4. The van der Waals surface area contributed by atoms with Crippen molar-refractivity contribution in [1.29, 1.82) is 0 Å². The predicted molar refractivity (Wildman–Crippen MR) is 52.4 cm³/mol. The molecule has 0 aromatic carbocycles. The van der Waals surface area contributed by atoms with Gasteiger partial charge in [0, 0.05) is 32.2 Å². The van der Waals surface area contributed by atoms with E-state index in [1.54, 1.807) is 7.11 Å². The summed E-state index contributed by atoms with van der Waals surface area (Å²) >= 11 is 0. The summed E-state index contributed by atoms with van der Waals surface area (Å²) in [7, 11) is 1.63. The third-order valence-electron chi connectivity index (χ3n) is 1.49. The maximum absolute atomic E-state index is 11.1. The molecule has 0 aliphatic carbocycles. The van der Waals surface area contributed by atoms with Gasteiger partial charge in [-0.15, -0.1) is 0 Å². The monoisotopic (exact) mass is 188 g/mol. The van der Waals surface area contributed by atoms with Crippen LogP contribution in [0.4, 0.5) is 0 Å². The van der Waals surface area contributed by atoms with Gasteiger partial charge in [0.1, 0.15) is 0 Å². The van der Waals surface area contributed by atoms with Gasteiger partial charge in [0.25, 0.3) is 0 Å². The van der Waals surface area contributed by atoms with Gasteiger partial charge < -0.3 is 15.8 Å². The number of carbonyl (C=O) groups is 1. The highest BCUT2D eigenvalue weighted by molar-refractivity contribution is 5.75. The molecule has 0 heterocycles. The lowest BCUT2D eigenvalue weighted by atomic mass is 10.1. The summed E-state index contributed by atoms with van der Waals surface area (Å²) in [6, 6.07) is 0. The molecule has 0 saturated carbocycles. The second-order valence-electron chi connectivity index (χ2n) is 3.86. The summed E-state index contributed by atoms with van der Waals surface area (Å²) in [5.41, 5.74) is 5.36. The third-order valence-corrected chi connectivity index (χ3v) is 1.49. The zero-order valence-corrected chi connectivity index (χ0v) is 8.72. The maximum atomic E-state index is 11.1. The highest BCUT2D eigenvalue weighted by Gasteiger charge is 2.11. The average molecular weight is 188 g/mol. The molecule has 1 amide bonds. The van der Waals surface area contributed by atoms with Crippen LogP contribution in [0.5, 0.6) is 0 Å². The number of ether oxygens (including phenoxy) is 1. The summed E-state index contributed by atoms with van der Waals surface area (Å²) in [5, 5.41) is 2.76. The Morgan fingerprint density at radius 2 is 2.15 bits per heavy atom. The number of methoxy groups -OCH3 is 1. The SMILES string of the molecule is COCCCC(=O)NCC(C)(C)N. The van der Waals surface area contributed by atoms with E-state index in [4.69, 9.17) is 10.5 Å². The minimum absolute atomic E-state index is 0.0376. The first-order chi connectivity index (χ1) is 5.95. The standard InChI is InChI=1S/C9H20N2O2/c1-9(2,10)7-11-8(12)5-4-6-13-3/h4-7,10H2,1-3H3,(H,11,12). The van der Waals surface area contributed by atoms with Crippen LogP contribution in [0.25, 0.3) is 0 Å². The number of hydrogen-bond donors (Lipinski definition) is 2. The number of rotatable bonds is 6. The Hall–Kier alpha value is -0.610. The van der Waals surface area contributed by atoms with Crippen molar-refractivity contribution >= 4 is 5.91 Å². The van der Waals surface area contributed by atoms with Crippen molar-refractivity contribution in [3.8, 4) is 0 Å². The number of hydrogen-bond acceptors (Lipinski definition) is 3. The van der Waals surface area contributed by atoms with E-state index in [-0.39, 0.29) is 11.4 Å². The Morgan fingerprint density at radius 1 is 1.54 bits per heavy atom. The predicted octanol–water partition coefficient (Wildman–Crippen LogP) is 0.267. The zero-order chi connectivity index (χ0) is 10.3. The van der Waals surface area contributed by atoms with Crippen LogP contribution in [-0.2, 0) is 9.53 Å². The summed E-state index contributed by atoms with van der Waals surface area (Å²) in [6.45, 7) is 4.89. The van der Waals surface area contributed by atoms with Crippen LogP contribution in [0.2, 0.25) is 0 Å². The van der Waals surface area contributed by atoms with Crippen molar-refractivity contribution in [3.63, 3.8) is 0 Å². The third kappa shape index (κ3) is 9.30. The molecular weight excluding hydrogens is 168 g/mol. The fraction of sp³-hybridized carbons (Fsp3) is 0.889. The van der Waals surface area contributed by atoms with Gasteiger partial charge in [-0.05, 0) is 20.3 Å². The molecule has 0 spiro atoms. The van der Waals surface area contributed by atoms with Crippen LogP contribution < -0.4 is 11.1 Å². The minimum Gasteiger partial charge on any atom is -0.385 e. The van der Waals surface area contributed by atoms with Crippen LogP contribution in [0.3, 0.4) is 0 Å². The molecule has 0 aromatic heterocycles. The van der Waals surface area contributed by atoms with Gasteiger partial charge in [-0.2, -0.15) is 0 Å². The summed E-state index contributed by atoms with van der Waals surface area (Å²) in [5.74, 6) is 0.0376. The lowest BCUT2D eigenvalue weighted by Gasteiger charge is -2.18. The van der Waals surface area contributed by atoms with Gasteiger partial charge in [-0.25, -0.2) is 0 Å². The van der Waals surface area contributed by atoms with Crippen LogP contribution in [0.15, 0.2) is 0 Å². The van der Waals surface area contributed by atoms with E-state index in [1.807, 2.05) is 13.8 Å². The molecule has 0 aromatic rings. The highest BCUT2D eigenvalue weighted by Crippen LogP contribution is 1.94. The van der Waals surface area contributed by atoms with Crippen LogP contribution in [0, 0.1) is 0 Å². The van der Waals surface area contributed by atoms with E-state index in [9.17, 15) is 4.79 Å². The van der Waals surface area contributed by atoms with Crippen LogP contribution in [0.1, 0.15) is 26.7 Å². The fourth-order valence-electron chi connectivity index (χ4n) is 0.792. The smallest absolute Gasteiger partial charge is 0.220 e. The fourth-order valence-corrected chi connectivity index (χ4v) is 0.792. The van der Waals surface area contributed by atoms with Crippen molar-refractivity contribution in [3.05, 3.63) is 0 Å². The first-order valence-corrected chi connectivity index (χ1v) is 4.50. The van der Waals surface area contributed by atoms with E-state index < -0.39 is 0 Å². The zero-order valence-electron chi connectivity index (χ0n) is 8.72. The van der Waals surface area contributed by atoms with E-state index in [0.717, 1.165) is 6.42 Å². The molecule has 0 rings (SSSR count). The normalized spacial score (nSPS) is 11.4. The van der Waals surface area contributed by atoms with Gasteiger partial charge in [0.05, 0.1) is 0 Å². The minimum atomic E-state index is -0.336. The van der Waals surface area contributed by atoms with Crippen molar-refractivity contribution in [2.75, 3.05) is 20.3 Å². The van der Waals surface area contributed by atoms with Crippen molar-refractivity contribution in [2.45, 2.75) is 32.2 Å². The number of nitrogens with two attached hydrogens (primary N) is 1. The highest BCUT2D eigenvalue weighted by atomic mass is 16.5. The molecule has 0 aliphatic rings. The molecule has 13 heavy (non-hydrogen) atoms. The van der Waals surface area contributed by atoms with Gasteiger partial charge in [-0.1, -0.05) is 0 Å². The van der Waals surface area contributed by atoms with Crippen molar-refractivity contribution < 1.29 is 9.53 Å². The molecule has 0 saturated heterocycles.